The van der Waals surface area contributed by atoms with Crippen LogP contribution in [0, 0.1) is 0 Å². The lowest BCUT2D eigenvalue weighted by Gasteiger charge is -2.17. The van der Waals surface area contributed by atoms with Gasteiger partial charge in [-0.1, -0.05) is 41.4 Å². The lowest BCUT2D eigenvalue weighted by molar-refractivity contribution is -0.137. The van der Waals surface area contributed by atoms with E-state index < -0.39 is 23.6 Å². The molecule has 0 saturated carbocycles. The molecular weight excluding hydrogens is 480 g/mol. The number of para-hydroxylation sites is 1. The summed E-state index contributed by atoms with van der Waals surface area (Å²) in [5, 5.41) is 8.07. The first-order valence-electron chi connectivity index (χ1n) is 9.48. The van der Waals surface area contributed by atoms with Crippen LogP contribution in [0.25, 0.3) is 0 Å². The summed E-state index contributed by atoms with van der Waals surface area (Å²) in [4.78, 5) is 28.2. The minimum absolute atomic E-state index is 0.129. The van der Waals surface area contributed by atoms with Crippen LogP contribution in [0.2, 0.25) is 10.0 Å². The minimum Gasteiger partial charge on any atom is -0.355 e. The van der Waals surface area contributed by atoms with Crippen molar-refractivity contribution in [1.29, 1.82) is 0 Å². The molecule has 0 unspecified atom stereocenters. The van der Waals surface area contributed by atoms with E-state index in [9.17, 15) is 22.8 Å². The van der Waals surface area contributed by atoms with Gasteiger partial charge in [-0.2, -0.15) is 13.2 Å². The number of pyridine rings is 1. The number of hydrogen-bond donors (Lipinski definition) is 3. The van der Waals surface area contributed by atoms with Crippen LogP contribution < -0.4 is 16.0 Å². The van der Waals surface area contributed by atoms with E-state index in [2.05, 4.69) is 20.9 Å². The molecule has 0 bridgehead atoms. The first kappa shape index (κ1) is 24.3. The second-order valence-corrected chi connectivity index (χ2v) is 7.60. The van der Waals surface area contributed by atoms with Crippen LogP contribution in [-0.4, -0.2) is 23.8 Å². The summed E-state index contributed by atoms with van der Waals surface area (Å²) in [7, 11) is 1.41. The highest BCUT2D eigenvalue weighted by Gasteiger charge is 2.34. The van der Waals surface area contributed by atoms with Crippen LogP contribution >= 0.6 is 23.2 Å². The zero-order chi connectivity index (χ0) is 24.2. The summed E-state index contributed by atoms with van der Waals surface area (Å²) in [6, 6.07) is 11.9. The Kier molecular flexibility index (Phi) is 7.45. The fraction of sp³-hybridized carbons (Fsp3) is 0.136. The molecule has 1 aromatic heterocycles. The Balaban J connectivity index is 1.91. The van der Waals surface area contributed by atoms with Crippen molar-refractivity contribution >= 4 is 52.2 Å². The van der Waals surface area contributed by atoms with Crippen LogP contribution in [0.4, 0.5) is 30.4 Å². The third-order valence-corrected chi connectivity index (χ3v) is 5.25. The standard InChI is InChI=1S/C22H17Cl2F3N4O2/c1-28-21(33)12-5-2-3-8-17(12)30-18-10-19(29-11-14(18)22(25,26)27)31-20(32)9-13-15(23)6-4-7-16(13)24/h2-8,10-11H,9H2,1H3,(H,28,33)(H2,29,30,31,32). The molecule has 33 heavy (non-hydrogen) atoms. The van der Waals surface area contributed by atoms with Crippen LogP contribution in [0.3, 0.4) is 0 Å². The summed E-state index contributed by atoms with van der Waals surface area (Å²) in [6.07, 6.45) is -4.34. The number of alkyl halides is 3. The molecule has 0 aliphatic rings. The maximum Gasteiger partial charge on any atom is 0.419 e. The lowest BCUT2D eigenvalue weighted by Crippen LogP contribution is -2.20. The summed E-state index contributed by atoms with van der Waals surface area (Å²) < 4.78 is 40.7. The van der Waals surface area contributed by atoms with Gasteiger partial charge < -0.3 is 16.0 Å². The largest absolute Gasteiger partial charge is 0.419 e. The summed E-state index contributed by atoms with van der Waals surface area (Å²) >= 11 is 12.1. The first-order valence-corrected chi connectivity index (χ1v) is 10.2. The lowest BCUT2D eigenvalue weighted by atomic mass is 10.1. The number of amides is 2. The normalized spacial score (nSPS) is 11.1. The van der Waals surface area contributed by atoms with Gasteiger partial charge in [-0.15, -0.1) is 0 Å². The smallest absolute Gasteiger partial charge is 0.355 e. The predicted octanol–water partition coefficient (Wildman–Crippen LogP) is 5.69. The highest BCUT2D eigenvalue weighted by atomic mass is 35.5. The average Bonchev–Trinajstić information content (AvgIpc) is 2.75. The number of rotatable bonds is 6. The van der Waals surface area contributed by atoms with Crippen molar-refractivity contribution in [2.24, 2.45) is 0 Å². The van der Waals surface area contributed by atoms with Crippen LogP contribution in [0.5, 0.6) is 0 Å². The molecule has 0 spiro atoms. The van der Waals surface area contributed by atoms with Gasteiger partial charge in [0.15, 0.2) is 0 Å². The molecule has 0 radical (unpaired) electrons. The zero-order valence-corrected chi connectivity index (χ0v) is 18.6. The van der Waals surface area contributed by atoms with Gasteiger partial charge >= 0.3 is 6.18 Å². The third-order valence-electron chi connectivity index (χ3n) is 4.54. The highest BCUT2D eigenvalue weighted by Crippen LogP contribution is 2.37. The van der Waals surface area contributed by atoms with Gasteiger partial charge in [0.05, 0.1) is 28.9 Å². The van der Waals surface area contributed by atoms with Crippen molar-refractivity contribution in [2.45, 2.75) is 12.6 Å². The minimum atomic E-state index is -4.73. The van der Waals surface area contributed by atoms with E-state index >= 15 is 0 Å². The molecule has 0 fully saturated rings. The molecule has 1 heterocycles. The molecule has 3 rings (SSSR count). The number of hydrogen-bond acceptors (Lipinski definition) is 4. The number of nitrogens with one attached hydrogen (secondary N) is 3. The number of halogens is 5. The number of anilines is 3. The number of benzene rings is 2. The maximum absolute atomic E-state index is 13.6. The van der Waals surface area contributed by atoms with Gasteiger partial charge in [0.1, 0.15) is 5.82 Å². The monoisotopic (exact) mass is 496 g/mol. The molecule has 0 aliphatic heterocycles. The summed E-state index contributed by atoms with van der Waals surface area (Å²) in [5.41, 5.74) is -0.790. The fourth-order valence-electron chi connectivity index (χ4n) is 2.97. The Morgan fingerprint density at radius 1 is 1.00 bits per heavy atom. The number of carbonyl (C=O) groups is 2. The van der Waals surface area contributed by atoms with E-state index in [0.717, 1.165) is 6.07 Å². The molecule has 0 saturated heterocycles. The van der Waals surface area contributed by atoms with Gasteiger partial charge in [-0.3, -0.25) is 9.59 Å². The second-order valence-electron chi connectivity index (χ2n) is 6.79. The molecule has 3 aromatic rings. The van der Waals surface area contributed by atoms with Crippen molar-refractivity contribution in [3.8, 4) is 0 Å². The molecule has 172 valence electrons. The summed E-state index contributed by atoms with van der Waals surface area (Å²) in [5.74, 6) is -1.18. The van der Waals surface area contributed by atoms with E-state index in [0.29, 0.717) is 11.8 Å². The predicted molar refractivity (Wildman–Crippen MR) is 121 cm³/mol. The van der Waals surface area contributed by atoms with E-state index in [1.165, 1.54) is 19.2 Å². The molecule has 3 N–H and O–H groups in total. The molecule has 0 aliphatic carbocycles. The number of nitrogens with zero attached hydrogens (tertiary/aromatic N) is 1. The molecule has 0 atom stereocenters. The molecule has 2 aromatic carbocycles. The quantitative estimate of drug-likeness (QED) is 0.409. The van der Waals surface area contributed by atoms with Crippen molar-refractivity contribution in [3.05, 3.63) is 81.5 Å². The molecule has 11 heteroatoms. The molecule has 6 nitrogen and oxygen atoms in total. The van der Waals surface area contributed by atoms with Gasteiger partial charge in [0.2, 0.25) is 5.91 Å². The average molecular weight is 497 g/mol. The zero-order valence-electron chi connectivity index (χ0n) is 17.1. The van der Waals surface area contributed by atoms with E-state index in [1.807, 2.05) is 0 Å². The highest BCUT2D eigenvalue weighted by molar-refractivity contribution is 6.36. The third kappa shape index (κ3) is 5.94. The molecule has 2 amide bonds. The van der Waals surface area contributed by atoms with E-state index in [4.69, 9.17) is 23.2 Å². The van der Waals surface area contributed by atoms with Crippen molar-refractivity contribution in [2.75, 3.05) is 17.7 Å². The van der Waals surface area contributed by atoms with E-state index in [-0.39, 0.29) is 39.2 Å². The van der Waals surface area contributed by atoms with Gasteiger partial charge in [0, 0.05) is 29.4 Å². The number of aromatic nitrogens is 1. The Hall–Kier alpha value is -3.30. The second kappa shape index (κ2) is 10.1. The maximum atomic E-state index is 13.6. The fourth-order valence-corrected chi connectivity index (χ4v) is 3.50. The van der Waals surface area contributed by atoms with Crippen LogP contribution in [0.15, 0.2) is 54.7 Å². The Labute approximate surface area is 197 Å². The Bertz CT molecular complexity index is 1180. The Morgan fingerprint density at radius 2 is 1.67 bits per heavy atom. The van der Waals surface area contributed by atoms with Crippen molar-refractivity contribution in [1.82, 2.24) is 10.3 Å². The number of carbonyl (C=O) groups excluding carboxylic acids is 2. The van der Waals surface area contributed by atoms with E-state index in [1.54, 1.807) is 30.3 Å². The Morgan fingerprint density at radius 3 is 2.30 bits per heavy atom. The van der Waals surface area contributed by atoms with Crippen molar-refractivity contribution < 1.29 is 22.8 Å². The van der Waals surface area contributed by atoms with Gasteiger partial charge in [-0.05, 0) is 29.8 Å². The van der Waals surface area contributed by atoms with Gasteiger partial charge in [-0.25, -0.2) is 4.98 Å². The topological polar surface area (TPSA) is 83.1 Å². The summed E-state index contributed by atoms with van der Waals surface area (Å²) in [6.45, 7) is 0. The van der Waals surface area contributed by atoms with Crippen molar-refractivity contribution in [3.63, 3.8) is 0 Å². The van der Waals surface area contributed by atoms with Crippen LogP contribution in [0.1, 0.15) is 21.5 Å². The van der Waals surface area contributed by atoms with Gasteiger partial charge in [0.25, 0.3) is 5.91 Å². The van der Waals surface area contributed by atoms with Crippen LogP contribution in [-0.2, 0) is 17.4 Å². The molecular formula is C22H17Cl2F3N4O2. The first-order chi connectivity index (χ1) is 15.6. The SMILES string of the molecule is CNC(=O)c1ccccc1Nc1cc(NC(=O)Cc2c(Cl)cccc2Cl)ncc1C(F)(F)F.